The van der Waals surface area contributed by atoms with Gasteiger partial charge in [-0.2, -0.15) is 0 Å². The number of piperidine rings is 1. The highest BCUT2D eigenvalue weighted by molar-refractivity contribution is 6.35. The van der Waals surface area contributed by atoms with Gasteiger partial charge in [-0.05, 0) is 44.1 Å². The second-order valence-electron chi connectivity index (χ2n) is 4.76. The van der Waals surface area contributed by atoms with Gasteiger partial charge in [-0.25, -0.2) is 0 Å². The van der Waals surface area contributed by atoms with E-state index in [-0.39, 0.29) is 24.4 Å². The Morgan fingerprint density at radius 2 is 2.05 bits per heavy atom. The van der Waals surface area contributed by atoms with E-state index in [9.17, 15) is 4.79 Å². The summed E-state index contributed by atoms with van der Waals surface area (Å²) >= 11 is 11.8. The van der Waals surface area contributed by atoms with Gasteiger partial charge in [-0.15, -0.1) is 12.4 Å². The summed E-state index contributed by atoms with van der Waals surface area (Å²) in [6, 6.07) is 5.31. The van der Waals surface area contributed by atoms with Crippen LogP contribution in [0.4, 0.5) is 0 Å². The molecule has 0 spiro atoms. The summed E-state index contributed by atoms with van der Waals surface area (Å²) < 4.78 is 5.49. The zero-order valence-electron chi connectivity index (χ0n) is 11.5. The van der Waals surface area contributed by atoms with Crippen molar-refractivity contribution in [1.29, 1.82) is 0 Å². The molecule has 2 N–H and O–H groups in total. The average Bonchev–Trinajstić information content (AvgIpc) is 2.42. The number of carbonyl (C=O) groups excluding carboxylic acids is 1. The Bertz CT molecular complexity index is 466. The predicted molar refractivity (Wildman–Crippen MR) is 87.9 cm³/mol. The van der Waals surface area contributed by atoms with Gasteiger partial charge < -0.3 is 15.4 Å². The maximum atomic E-state index is 11.8. The molecule has 4 nitrogen and oxygen atoms in total. The van der Waals surface area contributed by atoms with Gasteiger partial charge in [0.05, 0.1) is 18.1 Å². The first-order valence-corrected chi connectivity index (χ1v) is 7.48. The summed E-state index contributed by atoms with van der Waals surface area (Å²) in [5.74, 6) is 0.563. The molecule has 0 atom stereocenters. The maximum absolute atomic E-state index is 11.8. The number of carbonyl (C=O) groups is 1. The molecule has 0 radical (unpaired) electrons. The lowest BCUT2D eigenvalue weighted by Gasteiger charge is -2.23. The summed E-state index contributed by atoms with van der Waals surface area (Å²) in [4.78, 5) is 11.8. The first kappa shape index (κ1) is 18.4. The van der Waals surface area contributed by atoms with Crippen LogP contribution in [0.3, 0.4) is 0 Å². The van der Waals surface area contributed by atoms with Crippen LogP contribution in [-0.2, 0) is 4.79 Å². The Morgan fingerprint density at radius 1 is 1.33 bits per heavy atom. The Kier molecular flexibility index (Phi) is 8.19. The molecule has 0 bridgehead atoms. The fraction of sp³-hybridized carbons (Fsp3) is 0.500. The van der Waals surface area contributed by atoms with Crippen molar-refractivity contribution in [3.63, 3.8) is 0 Å². The predicted octanol–water partition coefficient (Wildman–Crippen LogP) is 3.05. The van der Waals surface area contributed by atoms with Crippen LogP contribution in [0.2, 0.25) is 10.0 Å². The van der Waals surface area contributed by atoms with Gasteiger partial charge in [0.15, 0.2) is 0 Å². The van der Waals surface area contributed by atoms with E-state index in [0.29, 0.717) is 28.8 Å². The molecule has 2 rings (SSSR count). The Hall–Kier alpha value is -0.680. The fourth-order valence-electron chi connectivity index (χ4n) is 2.11. The molecule has 1 saturated heterocycles. The minimum atomic E-state index is 0. The number of hydrogen-bond donors (Lipinski definition) is 2. The molecular weight excluding hydrogens is 335 g/mol. The summed E-state index contributed by atoms with van der Waals surface area (Å²) in [5.41, 5.74) is 0. The van der Waals surface area contributed by atoms with Crippen LogP contribution in [0.5, 0.6) is 5.75 Å². The van der Waals surface area contributed by atoms with E-state index < -0.39 is 0 Å². The first-order valence-electron chi connectivity index (χ1n) is 6.73. The topological polar surface area (TPSA) is 50.4 Å². The number of hydrogen-bond acceptors (Lipinski definition) is 3. The zero-order valence-corrected chi connectivity index (χ0v) is 13.9. The number of ether oxygens (including phenoxy) is 1. The van der Waals surface area contributed by atoms with E-state index in [1.54, 1.807) is 18.2 Å². The maximum Gasteiger partial charge on any atom is 0.223 e. The molecule has 1 aliphatic heterocycles. The van der Waals surface area contributed by atoms with Gasteiger partial charge in [-0.3, -0.25) is 4.79 Å². The van der Waals surface area contributed by atoms with Gasteiger partial charge in [0.25, 0.3) is 0 Å². The lowest BCUT2D eigenvalue weighted by Crippen LogP contribution is -2.43. The summed E-state index contributed by atoms with van der Waals surface area (Å²) in [6.45, 7) is 2.22. The standard InChI is InChI=1S/C14H18Cl2N2O2.ClH/c15-10-1-2-13(12(16)9-10)20-8-5-14(19)18-11-3-6-17-7-4-11;/h1-2,9,11,17H,3-8H2,(H,18,19);1H. The number of rotatable bonds is 5. The Balaban J connectivity index is 0.00000220. The molecule has 21 heavy (non-hydrogen) atoms. The number of amides is 1. The molecule has 1 amide bonds. The number of benzene rings is 1. The summed E-state index contributed by atoms with van der Waals surface area (Å²) in [6.07, 6.45) is 2.29. The summed E-state index contributed by atoms with van der Waals surface area (Å²) in [7, 11) is 0. The van der Waals surface area contributed by atoms with E-state index >= 15 is 0 Å². The third kappa shape index (κ3) is 6.30. The van der Waals surface area contributed by atoms with Crippen molar-refractivity contribution in [2.24, 2.45) is 0 Å². The van der Waals surface area contributed by atoms with E-state index in [2.05, 4.69) is 10.6 Å². The van der Waals surface area contributed by atoms with Crippen molar-refractivity contribution in [1.82, 2.24) is 10.6 Å². The highest BCUT2D eigenvalue weighted by Gasteiger charge is 2.15. The van der Waals surface area contributed by atoms with Crippen LogP contribution in [0, 0.1) is 0 Å². The Labute approximate surface area is 140 Å². The van der Waals surface area contributed by atoms with Crippen molar-refractivity contribution >= 4 is 41.5 Å². The van der Waals surface area contributed by atoms with Gasteiger partial charge in [0, 0.05) is 11.1 Å². The third-order valence-corrected chi connectivity index (χ3v) is 3.72. The van der Waals surface area contributed by atoms with E-state index in [0.717, 1.165) is 25.9 Å². The van der Waals surface area contributed by atoms with Gasteiger partial charge in [0.1, 0.15) is 5.75 Å². The lowest BCUT2D eigenvalue weighted by atomic mass is 10.1. The third-order valence-electron chi connectivity index (χ3n) is 3.18. The smallest absolute Gasteiger partial charge is 0.223 e. The Morgan fingerprint density at radius 3 is 2.71 bits per heavy atom. The molecule has 0 aromatic heterocycles. The molecule has 118 valence electrons. The molecule has 0 unspecified atom stereocenters. The SMILES string of the molecule is Cl.O=C(CCOc1ccc(Cl)cc1Cl)NC1CCNCC1. The van der Waals surface area contributed by atoms with Crippen LogP contribution in [0.25, 0.3) is 0 Å². The summed E-state index contributed by atoms with van der Waals surface area (Å²) in [5, 5.41) is 7.29. The van der Waals surface area contributed by atoms with E-state index in [1.807, 2.05) is 0 Å². The molecule has 1 heterocycles. The minimum Gasteiger partial charge on any atom is -0.491 e. The monoisotopic (exact) mass is 352 g/mol. The highest BCUT2D eigenvalue weighted by Crippen LogP contribution is 2.27. The van der Waals surface area contributed by atoms with Crippen molar-refractivity contribution < 1.29 is 9.53 Å². The second kappa shape index (κ2) is 9.36. The molecular formula is C14H19Cl3N2O2. The normalized spacial score (nSPS) is 15.1. The van der Waals surface area contributed by atoms with Crippen LogP contribution in [-0.4, -0.2) is 31.6 Å². The van der Waals surface area contributed by atoms with Crippen molar-refractivity contribution in [3.8, 4) is 5.75 Å². The first-order chi connectivity index (χ1) is 9.65. The van der Waals surface area contributed by atoms with Gasteiger partial charge >= 0.3 is 0 Å². The van der Waals surface area contributed by atoms with Crippen molar-refractivity contribution in [2.75, 3.05) is 19.7 Å². The zero-order chi connectivity index (χ0) is 14.4. The quantitative estimate of drug-likeness (QED) is 0.855. The van der Waals surface area contributed by atoms with Crippen LogP contribution < -0.4 is 15.4 Å². The molecule has 0 aliphatic carbocycles. The molecule has 1 aromatic carbocycles. The van der Waals surface area contributed by atoms with Gasteiger partial charge in [0.2, 0.25) is 5.91 Å². The lowest BCUT2D eigenvalue weighted by molar-refractivity contribution is -0.122. The second-order valence-corrected chi connectivity index (χ2v) is 5.61. The van der Waals surface area contributed by atoms with Crippen LogP contribution in [0.1, 0.15) is 19.3 Å². The van der Waals surface area contributed by atoms with E-state index in [4.69, 9.17) is 27.9 Å². The molecule has 1 aliphatic rings. The largest absolute Gasteiger partial charge is 0.491 e. The number of nitrogens with one attached hydrogen (secondary N) is 2. The number of halogens is 3. The average molecular weight is 354 g/mol. The molecule has 0 saturated carbocycles. The van der Waals surface area contributed by atoms with Crippen molar-refractivity contribution in [3.05, 3.63) is 28.2 Å². The highest BCUT2D eigenvalue weighted by atomic mass is 35.5. The van der Waals surface area contributed by atoms with Crippen LogP contribution >= 0.6 is 35.6 Å². The van der Waals surface area contributed by atoms with E-state index in [1.165, 1.54) is 0 Å². The molecule has 1 fully saturated rings. The molecule has 7 heteroatoms. The fourth-order valence-corrected chi connectivity index (χ4v) is 2.58. The van der Waals surface area contributed by atoms with Crippen molar-refractivity contribution in [2.45, 2.75) is 25.3 Å². The molecule has 1 aromatic rings. The van der Waals surface area contributed by atoms with Crippen LogP contribution in [0.15, 0.2) is 18.2 Å². The minimum absolute atomic E-state index is 0. The van der Waals surface area contributed by atoms with Gasteiger partial charge in [-0.1, -0.05) is 23.2 Å².